The Kier molecular flexibility index (Phi) is 9.76. The van der Waals surface area contributed by atoms with Crippen LogP contribution in [0.4, 0.5) is 20.2 Å². The third-order valence-electron chi connectivity index (χ3n) is 7.02. The lowest BCUT2D eigenvalue weighted by atomic mass is 10.0. The SMILES string of the molecule is COc1ccc(N(C)C(=O)[C@H](Cc2cc(F)cc(F)c2)NC(=O)CN2CCN(S(=O)(=O)c3ccccc3N)CC2)cc1. The molecule has 4 rings (SSSR count). The molecule has 3 aromatic carbocycles. The van der Waals surface area contributed by atoms with Crippen LogP contribution >= 0.6 is 0 Å². The molecule has 1 aliphatic heterocycles. The third-order valence-corrected chi connectivity index (χ3v) is 8.99. The lowest BCUT2D eigenvalue weighted by Crippen LogP contribution is -2.54. The number of carbonyl (C=O) groups is 2. The van der Waals surface area contributed by atoms with E-state index >= 15 is 0 Å². The number of hydrogen-bond donors (Lipinski definition) is 2. The van der Waals surface area contributed by atoms with Crippen molar-refractivity contribution in [3.63, 3.8) is 0 Å². The number of ether oxygens (including phenoxy) is 1. The van der Waals surface area contributed by atoms with Gasteiger partial charge in [-0.2, -0.15) is 4.31 Å². The van der Waals surface area contributed by atoms with Gasteiger partial charge in [0.1, 0.15) is 28.3 Å². The van der Waals surface area contributed by atoms with Gasteiger partial charge in [0.2, 0.25) is 21.8 Å². The highest BCUT2D eigenvalue weighted by molar-refractivity contribution is 7.89. The molecule has 0 unspecified atom stereocenters. The number of rotatable bonds is 10. The molecule has 3 N–H and O–H groups in total. The maximum absolute atomic E-state index is 13.9. The number of anilines is 2. The zero-order valence-corrected chi connectivity index (χ0v) is 24.1. The summed E-state index contributed by atoms with van der Waals surface area (Å²) in [5, 5.41) is 2.71. The average molecular weight is 602 g/mol. The second kappa shape index (κ2) is 13.3. The minimum atomic E-state index is -3.80. The topological polar surface area (TPSA) is 125 Å². The Morgan fingerprint density at radius 1 is 1.00 bits per heavy atom. The summed E-state index contributed by atoms with van der Waals surface area (Å²) in [4.78, 5) is 29.8. The van der Waals surface area contributed by atoms with Gasteiger partial charge in [0.25, 0.3) is 0 Å². The highest BCUT2D eigenvalue weighted by Gasteiger charge is 2.31. The van der Waals surface area contributed by atoms with E-state index in [1.165, 1.54) is 35.5 Å². The number of benzene rings is 3. The Labute approximate surface area is 243 Å². The summed E-state index contributed by atoms with van der Waals surface area (Å²) in [5.74, 6) is -1.97. The summed E-state index contributed by atoms with van der Waals surface area (Å²) in [6.45, 7) is 0.747. The van der Waals surface area contributed by atoms with Gasteiger partial charge in [0, 0.05) is 51.4 Å². The molecule has 0 saturated carbocycles. The van der Waals surface area contributed by atoms with Crippen molar-refractivity contribution < 1.29 is 31.5 Å². The Morgan fingerprint density at radius 2 is 1.62 bits per heavy atom. The molecule has 0 bridgehead atoms. The van der Waals surface area contributed by atoms with Gasteiger partial charge in [-0.15, -0.1) is 0 Å². The number of amides is 2. The molecule has 1 fully saturated rings. The number of hydrogen-bond acceptors (Lipinski definition) is 7. The van der Waals surface area contributed by atoms with E-state index in [0.29, 0.717) is 11.4 Å². The van der Waals surface area contributed by atoms with Gasteiger partial charge in [-0.25, -0.2) is 17.2 Å². The van der Waals surface area contributed by atoms with Crippen molar-refractivity contribution in [3.8, 4) is 5.75 Å². The number of nitrogens with two attached hydrogens (primary N) is 1. The number of nitrogens with one attached hydrogen (secondary N) is 1. The summed E-state index contributed by atoms with van der Waals surface area (Å²) < 4.78 is 60.4. The summed E-state index contributed by atoms with van der Waals surface area (Å²) in [6, 6.07) is 14.8. The van der Waals surface area contributed by atoms with Crippen LogP contribution in [0.2, 0.25) is 0 Å². The Balaban J connectivity index is 1.43. The number of piperazine rings is 1. The number of likely N-dealkylation sites (N-methyl/N-ethyl adjacent to an activating group) is 1. The van der Waals surface area contributed by atoms with E-state index in [1.807, 2.05) is 0 Å². The number of halogens is 2. The summed E-state index contributed by atoms with van der Waals surface area (Å²) in [5.41, 5.74) is 6.76. The van der Waals surface area contributed by atoms with E-state index in [0.717, 1.165) is 18.2 Å². The third kappa shape index (κ3) is 7.41. The van der Waals surface area contributed by atoms with Crippen molar-refractivity contribution in [2.75, 3.05) is 57.5 Å². The fourth-order valence-electron chi connectivity index (χ4n) is 4.76. The number of para-hydroxylation sites is 1. The monoisotopic (exact) mass is 601 g/mol. The molecule has 0 radical (unpaired) electrons. The van der Waals surface area contributed by atoms with E-state index in [9.17, 15) is 26.8 Å². The molecule has 2 amide bonds. The Hall–Kier alpha value is -4.07. The lowest BCUT2D eigenvalue weighted by Gasteiger charge is -2.34. The molecule has 1 saturated heterocycles. The van der Waals surface area contributed by atoms with Crippen molar-refractivity contribution in [3.05, 3.63) is 83.9 Å². The van der Waals surface area contributed by atoms with E-state index in [4.69, 9.17) is 10.5 Å². The number of carbonyl (C=O) groups excluding carboxylic acids is 2. The van der Waals surface area contributed by atoms with Crippen molar-refractivity contribution >= 4 is 33.2 Å². The molecule has 10 nitrogen and oxygen atoms in total. The van der Waals surface area contributed by atoms with E-state index in [2.05, 4.69) is 5.32 Å². The molecule has 3 aromatic rings. The minimum Gasteiger partial charge on any atom is -0.497 e. The van der Waals surface area contributed by atoms with Gasteiger partial charge in [-0.05, 0) is 54.1 Å². The first-order chi connectivity index (χ1) is 20.0. The summed E-state index contributed by atoms with van der Waals surface area (Å²) in [6.07, 6.45) is -0.149. The second-order valence-corrected chi connectivity index (χ2v) is 11.8. The van der Waals surface area contributed by atoms with Crippen molar-refractivity contribution in [1.29, 1.82) is 0 Å². The van der Waals surface area contributed by atoms with Crippen LogP contribution in [-0.2, 0) is 26.0 Å². The zero-order valence-electron chi connectivity index (χ0n) is 23.3. The van der Waals surface area contributed by atoms with Gasteiger partial charge in [0.15, 0.2) is 0 Å². The molecule has 1 heterocycles. The van der Waals surface area contributed by atoms with Gasteiger partial charge < -0.3 is 20.7 Å². The van der Waals surface area contributed by atoms with Crippen LogP contribution in [0.25, 0.3) is 0 Å². The number of methoxy groups -OCH3 is 1. The van der Waals surface area contributed by atoms with Crippen molar-refractivity contribution in [2.24, 2.45) is 0 Å². The summed E-state index contributed by atoms with van der Waals surface area (Å²) >= 11 is 0. The van der Waals surface area contributed by atoms with Gasteiger partial charge in [0.05, 0.1) is 19.3 Å². The molecule has 0 aliphatic carbocycles. The first-order valence-electron chi connectivity index (χ1n) is 13.2. The predicted molar refractivity (Wildman–Crippen MR) is 154 cm³/mol. The fraction of sp³-hybridized carbons (Fsp3) is 0.310. The van der Waals surface area contributed by atoms with Crippen LogP contribution in [0.1, 0.15) is 5.56 Å². The zero-order chi connectivity index (χ0) is 30.4. The minimum absolute atomic E-state index is 0.0345. The molecule has 0 spiro atoms. The maximum Gasteiger partial charge on any atom is 0.249 e. The fourth-order valence-corrected chi connectivity index (χ4v) is 6.30. The molecular formula is C29H33F2N5O5S. The quantitative estimate of drug-likeness (QED) is 0.342. The van der Waals surface area contributed by atoms with E-state index < -0.39 is 39.5 Å². The predicted octanol–water partition coefficient (Wildman–Crippen LogP) is 2.25. The van der Waals surface area contributed by atoms with Gasteiger partial charge in [-0.1, -0.05) is 12.1 Å². The second-order valence-electron chi connectivity index (χ2n) is 9.92. The van der Waals surface area contributed by atoms with Gasteiger partial charge >= 0.3 is 0 Å². The molecular weight excluding hydrogens is 568 g/mol. The molecule has 224 valence electrons. The van der Waals surface area contributed by atoms with E-state index in [-0.39, 0.29) is 55.3 Å². The first-order valence-corrected chi connectivity index (χ1v) is 14.6. The molecule has 1 aliphatic rings. The van der Waals surface area contributed by atoms with Crippen LogP contribution in [0, 0.1) is 11.6 Å². The Bertz CT molecular complexity index is 1510. The standard InChI is InChI=1S/C29H33F2N5O5S/c1-34(23-7-9-24(41-2)10-8-23)29(38)26(17-20-15-21(30)18-22(31)16-20)33-28(37)19-35-11-13-36(14-12-35)42(39,40)27-6-4-3-5-25(27)32/h3-10,15-16,18,26H,11-14,17,19,32H2,1-2H3,(H,33,37)/t26-/m0/s1. The highest BCUT2D eigenvalue weighted by atomic mass is 32.2. The maximum atomic E-state index is 13.9. The number of nitrogens with zero attached hydrogens (tertiary/aromatic N) is 3. The largest absolute Gasteiger partial charge is 0.497 e. The number of nitrogen functional groups attached to an aromatic ring is 1. The normalized spacial score (nSPS) is 15.1. The highest BCUT2D eigenvalue weighted by Crippen LogP contribution is 2.23. The van der Waals surface area contributed by atoms with Crippen LogP contribution in [0.5, 0.6) is 5.75 Å². The molecule has 42 heavy (non-hydrogen) atoms. The van der Waals surface area contributed by atoms with Crippen LogP contribution in [0.3, 0.4) is 0 Å². The van der Waals surface area contributed by atoms with Crippen LogP contribution in [-0.4, -0.2) is 82.4 Å². The van der Waals surface area contributed by atoms with Crippen molar-refractivity contribution in [1.82, 2.24) is 14.5 Å². The van der Waals surface area contributed by atoms with Crippen LogP contribution in [0.15, 0.2) is 71.6 Å². The van der Waals surface area contributed by atoms with Crippen molar-refractivity contribution in [2.45, 2.75) is 17.4 Å². The smallest absolute Gasteiger partial charge is 0.249 e. The molecule has 0 aromatic heterocycles. The van der Waals surface area contributed by atoms with Crippen LogP contribution < -0.4 is 20.7 Å². The van der Waals surface area contributed by atoms with Gasteiger partial charge in [-0.3, -0.25) is 14.5 Å². The number of sulfonamides is 1. The van der Waals surface area contributed by atoms with E-state index in [1.54, 1.807) is 41.3 Å². The lowest BCUT2D eigenvalue weighted by molar-refractivity contribution is -0.128. The summed E-state index contributed by atoms with van der Waals surface area (Å²) in [7, 11) is -0.739. The molecule has 1 atom stereocenters. The molecule has 13 heteroatoms. The average Bonchev–Trinajstić information content (AvgIpc) is 2.96. The first kappa shape index (κ1) is 30.9. The Morgan fingerprint density at radius 3 is 2.21 bits per heavy atom.